The van der Waals surface area contributed by atoms with E-state index >= 15 is 0 Å². The van der Waals surface area contributed by atoms with Crippen molar-refractivity contribution < 1.29 is 4.74 Å². The topological polar surface area (TPSA) is 110 Å². The molecule has 6 aromatic heterocycles. The van der Waals surface area contributed by atoms with E-state index in [1.54, 1.807) is 32.0 Å². The maximum Gasteiger partial charge on any atom is 0.181 e. The zero-order valence-electron chi connectivity index (χ0n) is 17.4. The monoisotopic (exact) mass is 422 g/mol. The molecule has 0 radical (unpaired) electrons. The summed E-state index contributed by atoms with van der Waals surface area (Å²) < 4.78 is 7.28. The molecule has 6 heterocycles. The Labute approximate surface area is 182 Å². The first-order chi connectivity index (χ1) is 15.7. The highest BCUT2D eigenvalue weighted by Gasteiger charge is 2.15. The molecule has 32 heavy (non-hydrogen) atoms. The van der Waals surface area contributed by atoms with Crippen LogP contribution in [-0.2, 0) is 0 Å². The number of imidazole rings is 1. The smallest absolute Gasteiger partial charge is 0.181 e. The number of ether oxygens (including phenoxy) is 1. The van der Waals surface area contributed by atoms with Crippen LogP contribution in [0.15, 0.2) is 61.7 Å². The Bertz CT molecular complexity index is 1590. The summed E-state index contributed by atoms with van der Waals surface area (Å²) in [5.41, 5.74) is 7.07. The number of methoxy groups -OCH3 is 1. The molecule has 0 fully saturated rings. The van der Waals surface area contributed by atoms with Gasteiger partial charge in [-0.05, 0) is 25.1 Å². The van der Waals surface area contributed by atoms with E-state index in [9.17, 15) is 0 Å². The van der Waals surface area contributed by atoms with Crippen LogP contribution in [0.4, 0.5) is 0 Å². The molecule has 0 aliphatic rings. The third kappa shape index (κ3) is 2.90. The van der Waals surface area contributed by atoms with Gasteiger partial charge in [-0.2, -0.15) is 5.10 Å². The number of fused-ring (bicyclic) bond motifs is 2. The van der Waals surface area contributed by atoms with Gasteiger partial charge in [-0.25, -0.2) is 9.97 Å². The fourth-order valence-corrected chi connectivity index (χ4v) is 3.88. The van der Waals surface area contributed by atoms with E-state index in [-0.39, 0.29) is 0 Å². The summed E-state index contributed by atoms with van der Waals surface area (Å²) in [6.45, 7) is 1.96. The highest BCUT2D eigenvalue weighted by Crippen LogP contribution is 2.32. The molecule has 0 unspecified atom stereocenters. The van der Waals surface area contributed by atoms with E-state index in [1.807, 2.05) is 36.1 Å². The molecular weight excluding hydrogens is 404 g/mol. The second kappa shape index (κ2) is 7.02. The molecule has 0 spiro atoms. The number of H-pyrrole nitrogens is 2. The quantitative estimate of drug-likeness (QED) is 0.443. The van der Waals surface area contributed by atoms with Crippen LogP contribution in [0.3, 0.4) is 0 Å². The number of aromatic amines is 2. The van der Waals surface area contributed by atoms with E-state index in [0.717, 1.165) is 50.2 Å². The van der Waals surface area contributed by atoms with Crippen molar-refractivity contribution in [3.05, 3.63) is 67.4 Å². The van der Waals surface area contributed by atoms with Gasteiger partial charge in [0.2, 0.25) is 0 Å². The fraction of sp³-hybridized carbons (Fsp3) is 0.0870. The Morgan fingerprint density at radius 1 is 0.906 bits per heavy atom. The standard InChI is InChI=1S/C23H18N8O/c1-13-11-31(12-27-13)21-10-25-9-20-17(21)5-19(28-20)22-18-4-15(7-26-23(18)30-29-22)14-3-16(32-2)8-24-6-14/h3-12,28H,1-2H3,(H,26,29,30). The van der Waals surface area contributed by atoms with Crippen molar-refractivity contribution in [3.63, 3.8) is 0 Å². The fourth-order valence-electron chi connectivity index (χ4n) is 3.88. The number of aromatic nitrogens is 8. The summed E-state index contributed by atoms with van der Waals surface area (Å²) in [7, 11) is 1.63. The van der Waals surface area contributed by atoms with E-state index in [1.165, 1.54) is 0 Å². The van der Waals surface area contributed by atoms with Crippen molar-refractivity contribution in [2.45, 2.75) is 6.92 Å². The SMILES string of the molecule is COc1cncc(-c2cnc3n[nH]c(-c4cc5c(-n6cnc(C)c6)cncc5[nH]4)c3c2)c1. The lowest BCUT2D eigenvalue weighted by Crippen LogP contribution is -1.91. The van der Waals surface area contributed by atoms with Gasteiger partial charge in [-0.3, -0.25) is 15.1 Å². The first-order valence-corrected chi connectivity index (χ1v) is 10.0. The van der Waals surface area contributed by atoms with E-state index < -0.39 is 0 Å². The lowest BCUT2D eigenvalue weighted by atomic mass is 10.1. The van der Waals surface area contributed by atoms with Gasteiger partial charge in [0.15, 0.2) is 5.65 Å². The second-order valence-corrected chi connectivity index (χ2v) is 7.53. The van der Waals surface area contributed by atoms with Gasteiger partial charge in [0, 0.05) is 40.5 Å². The zero-order valence-corrected chi connectivity index (χ0v) is 17.4. The van der Waals surface area contributed by atoms with Crippen LogP contribution in [-0.4, -0.2) is 46.8 Å². The van der Waals surface area contributed by atoms with Crippen molar-refractivity contribution >= 4 is 21.9 Å². The van der Waals surface area contributed by atoms with Crippen LogP contribution in [0.1, 0.15) is 5.69 Å². The maximum atomic E-state index is 5.31. The van der Waals surface area contributed by atoms with E-state index in [0.29, 0.717) is 11.4 Å². The lowest BCUT2D eigenvalue weighted by molar-refractivity contribution is 0.413. The van der Waals surface area contributed by atoms with Crippen LogP contribution >= 0.6 is 0 Å². The molecule has 9 nitrogen and oxygen atoms in total. The lowest BCUT2D eigenvalue weighted by Gasteiger charge is -2.04. The average molecular weight is 422 g/mol. The van der Waals surface area contributed by atoms with E-state index in [4.69, 9.17) is 4.74 Å². The number of aryl methyl sites for hydroxylation is 1. The molecule has 0 bridgehead atoms. The third-order valence-electron chi connectivity index (χ3n) is 5.48. The van der Waals surface area contributed by atoms with Crippen LogP contribution in [0.2, 0.25) is 0 Å². The Balaban J connectivity index is 1.49. The van der Waals surface area contributed by atoms with Crippen molar-refractivity contribution in [3.8, 4) is 34.0 Å². The van der Waals surface area contributed by atoms with Gasteiger partial charge in [0.25, 0.3) is 0 Å². The van der Waals surface area contributed by atoms with Crippen LogP contribution in [0, 0.1) is 6.92 Å². The molecule has 2 N–H and O–H groups in total. The third-order valence-corrected chi connectivity index (χ3v) is 5.48. The number of hydrogen-bond donors (Lipinski definition) is 2. The molecule has 0 saturated carbocycles. The first kappa shape index (κ1) is 18.3. The van der Waals surface area contributed by atoms with Crippen molar-refractivity contribution in [1.29, 1.82) is 0 Å². The molecule has 0 saturated heterocycles. The Morgan fingerprint density at radius 3 is 2.62 bits per heavy atom. The number of hydrogen-bond acceptors (Lipinski definition) is 6. The summed E-state index contributed by atoms with van der Waals surface area (Å²) in [6.07, 6.45) is 12.7. The minimum absolute atomic E-state index is 0.641. The summed E-state index contributed by atoms with van der Waals surface area (Å²) in [5.74, 6) is 0.695. The molecule has 6 aromatic rings. The Kier molecular flexibility index (Phi) is 4.00. The molecule has 0 amide bonds. The Hall–Kier alpha value is -4.53. The normalized spacial score (nSPS) is 11.4. The van der Waals surface area contributed by atoms with Crippen molar-refractivity contribution in [2.24, 2.45) is 0 Å². The number of rotatable bonds is 4. The molecule has 6 rings (SSSR count). The highest BCUT2D eigenvalue weighted by atomic mass is 16.5. The molecule has 0 aliphatic carbocycles. The van der Waals surface area contributed by atoms with Crippen LogP contribution < -0.4 is 4.74 Å². The predicted molar refractivity (Wildman–Crippen MR) is 121 cm³/mol. The number of nitrogens with one attached hydrogen (secondary N) is 2. The van der Waals surface area contributed by atoms with E-state index in [2.05, 4.69) is 47.2 Å². The molecule has 156 valence electrons. The average Bonchev–Trinajstić information content (AvgIpc) is 3.55. The van der Waals surface area contributed by atoms with Gasteiger partial charge in [0.1, 0.15) is 5.75 Å². The second-order valence-electron chi connectivity index (χ2n) is 7.53. The summed E-state index contributed by atoms with van der Waals surface area (Å²) in [6, 6.07) is 6.08. The predicted octanol–water partition coefficient (Wildman–Crippen LogP) is 4.07. The molecule has 0 atom stereocenters. The molecule has 0 aromatic carbocycles. The minimum Gasteiger partial charge on any atom is -0.495 e. The van der Waals surface area contributed by atoms with Gasteiger partial charge in [-0.1, -0.05) is 0 Å². The number of pyridine rings is 3. The molecular formula is C23H18N8O. The Morgan fingerprint density at radius 2 is 1.78 bits per heavy atom. The van der Waals surface area contributed by atoms with Gasteiger partial charge in [-0.15, -0.1) is 0 Å². The zero-order chi connectivity index (χ0) is 21.7. The molecule has 0 aliphatic heterocycles. The minimum atomic E-state index is 0.641. The van der Waals surface area contributed by atoms with Gasteiger partial charge >= 0.3 is 0 Å². The summed E-state index contributed by atoms with van der Waals surface area (Å²) >= 11 is 0. The van der Waals surface area contributed by atoms with Gasteiger partial charge < -0.3 is 14.3 Å². The van der Waals surface area contributed by atoms with Crippen LogP contribution in [0.25, 0.3) is 50.1 Å². The maximum absolute atomic E-state index is 5.31. The molecule has 9 heteroatoms. The summed E-state index contributed by atoms with van der Waals surface area (Å²) in [4.78, 5) is 21.0. The van der Waals surface area contributed by atoms with Crippen molar-refractivity contribution in [2.75, 3.05) is 7.11 Å². The van der Waals surface area contributed by atoms with Gasteiger partial charge in [0.05, 0.1) is 60.3 Å². The van der Waals surface area contributed by atoms with Crippen LogP contribution in [0.5, 0.6) is 5.75 Å². The highest BCUT2D eigenvalue weighted by molar-refractivity contribution is 5.97. The first-order valence-electron chi connectivity index (χ1n) is 10.0. The largest absolute Gasteiger partial charge is 0.495 e. The summed E-state index contributed by atoms with van der Waals surface area (Å²) in [5, 5.41) is 9.47. The van der Waals surface area contributed by atoms with Crippen molar-refractivity contribution in [1.82, 2.24) is 39.7 Å². The number of nitrogens with zero attached hydrogens (tertiary/aromatic N) is 6.